The lowest BCUT2D eigenvalue weighted by Gasteiger charge is -2.25. The number of esters is 1. The number of aliphatic hydroxyl groups excluding tert-OH is 1. The minimum atomic E-state index is -0.848. The van der Waals surface area contributed by atoms with Crippen molar-refractivity contribution in [2.75, 3.05) is 13.2 Å². The summed E-state index contributed by atoms with van der Waals surface area (Å²) in [4.78, 5) is 44.0. The van der Waals surface area contributed by atoms with Gasteiger partial charge in [-0.25, -0.2) is 4.79 Å². The minimum absolute atomic E-state index is 0.0196. The fraction of sp³-hybridized carbons (Fsp3) is 0.241. The number of hydrogen-bond donors (Lipinski definition) is 1. The van der Waals surface area contributed by atoms with Gasteiger partial charge in [-0.2, -0.15) is 0 Å². The first-order chi connectivity index (χ1) is 17.9. The third kappa shape index (κ3) is 5.53. The van der Waals surface area contributed by atoms with E-state index in [4.69, 9.17) is 9.47 Å². The predicted molar refractivity (Wildman–Crippen MR) is 137 cm³/mol. The topological polar surface area (TPSA) is 106 Å². The third-order valence-electron chi connectivity index (χ3n) is 5.94. The Morgan fingerprint density at radius 1 is 1.03 bits per heavy atom. The van der Waals surface area contributed by atoms with Gasteiger partial charge in [0, 0.05) is 24.5 Å². The van der Waals surface area contributed by atoms with Crippen LogP contribution in [0.1, 0.15) is 53.4 Å². The van der Waals surface area contributed by atoms with Crippen LogP contribution in [0.15, 0.2) is 78.6 Å². The Hall–Kier alpha value is -4.46. The number of nitrogens with zero attached hydrogens (tertiary/aromatic N) is 2. The van der Waals surface area contributed by atoms with Gasteiger partial charge in [0.25, 0.3) is 11.7 Å². The number of carbonyl (C=O) groups excluding carboxylic acids is 3. The summed E-state index contributed by atoms with van der Waals surface area (Å²) < 4.78 is 10.7. The van der Waals surface area contributed by atoms with E-state index < -0.39 is 23.7 Å². The number of ketones is 1. The van der Waals surface area contributed by atoms with E-state index in [9.17, 15) is 19.5 Å². The van der Waals surface area contributed by atoms with Crippen LogP contribution < -0.4 is 4.74 Å². The van der Waals surface area contributed by atoms with Crippen molar-refractivity contribution in [1.29, 1.82) is 0 Å². The first-order valence-corrected chi connectivity index (χ1v) is 12.1. The molecule has 8 nitrogen and oxygen atoms in total. The molecular formula is C29H28N2O6. The molecular weight excluding hydrogens is 472 g/mol. The van der Waals surface area contributed by atoms with Crippen molar-refractivity contribution in [2.45, 2.75) is 32.9 Å². The fourth-order valence-corrected chi connectivity index (χ4v) is 4.19. The second-order valence-corrected chi connectivity index (χ2v) is 8.51. The molecule has 2 heterocycles. The lowest BCUT2D eigenvalue weighted by atomic mass is 9.96. The molecule has 0 spiro atoms. The smallest absolute Gasteiger partial charge is 0.338 e. The Morgan fingerprint density at radius 3 is 2.49 bits per heavy atom. The maximum Gasteiger partial charge on any atom is 0.338 e. The normalized spacial score (nSPS) is 16.6. The van der Waals surface area contributed by atoms with E-state index in [0.717, 1.165) is 6.42 Å². The third-order valence-corrected chi connectivity index (χ3v) is 5.94. The number of pyridine rings is 1. The average Bonchev–Trinajstić information content (AvgIpc) is 3.17. The largest absolute Gasteiger partial charge is 0.507 e. The Balaban J connectivity index is 1.73. The van der Waals surface area contributed by atoms with Gasteiger partial charge in [0.1, 0.15) is 11.5 Å². The van der Waals surface area contributed by atoms with Crippen LogP contribution in [0.25, 0.3) is 5.76 Å². The molecule has 1 fully saturated rings. The number of aromatic nitrogens is 1. The SMILES string of the molecule is CCCOc1cccc(/C(O)=C2\C(=O)C(=O)N(Cc3ccc(C(=O)OCC)cc3)C2c2cccnc2)c1. The zero-order valence-corrected chi connectivity index (χ0v) is 20.7. The summed E-state index contributed by atoms with van der Waals surface area (Å²) in [6, 6.07) is 16.1. The molecule has 0 saturated carbocycles. The highest BCUT2D eigenvalue weighted by molar-refractivity contribution is 6.46. The highest BCUT2D eigenvalue weighted by Crippen LogP contribution is 2.40. The summed E-state index contributed by atoms with van der Waals surface area (Å²) in [5, 5.41) is 11.3. The molecule has 1 saturated heterocycles. The van der Waals surface area contributed by atoms with E-state index in [2.05, 4.69) is 4.98 Å². The molecule has 8 heteroatoms. The van der Waals surface area contributed by atoms with Gasteiger partial charge in [-0.15, -0.1) is 0 Å². The van der Waals surface area contributed by atoms with E-state index >= 15 is 0 Å². The highest BCUT2D eigenvalue weighted by atomic mass is 16.5. The summed E-state index contributed by atoms with van der Waals surface area (Å²) in [6.07, 6.45) is 3.99. The van der Waals surface area contributed by atoms with Gasteiger partial charge in [0.2, 0.25) is 0 Å². The number of likely N-dealkylation sites (tertiary alicyclic amines) is 1. The number of ether oxygens (including phenoxy) is 2. The average molecular weight is 501 g/mol. The van der Waals surface area contributed by atoms with Crippen molar-refractivity contribution in [2.24, 2.45) is 0 Å². The van der Waals surface area contributed by atoms with Gasteiger partial charge in [0.15, 0.2) is 0 Å². The molecule has 1 N–H and O–H groups in total. The van der Waals surface area contributed by atoms with Crippen molar-refractivity contribution in [3.8, 4) is 5.75 Å². The van der Waals surface area contributed by atoms with Crippen molar-refractivity contribution >= 4 is 23.4 Å². The molecule has 0 aliphatic carbocycles. The van der Waals surface area contributed by atoms with Crippen LogP contribution in [-0.4, -0.2) is 45.9 Å². The lowest BCUT2D eigenvalue weighted by Crippen LogP contribution is -2.29. The van der Waals surface area contributed by atoms with Crippen molar-refractivity contribution < 1.29 is 29.0 Å². The van der Waals surface area contributed by atoms with Gasteiger partial charge in [0.05, 0.1) is 30.4 Å². The number of carbonyl (C=O) groups is 3. The first kappa shape index (κ1) is 25.6. The van der Waals surface area contributed by atoms with Crippen molar-refractivity contribution in [3.05, 3.63) is 101 Å². The Bertz CT molecular complexity index is 1320. The summed E-state index contributed by atoms with van der Waals surface area (Å²) in [6.45, 7) is 4.59. The Kier molecular flexibility index (Phi) is 7.98. The lowest BCUT2D eigenvalue weighted by molar-refractivity contribution is -0.140. The quantitative estimate of drug-likeness (QED) is 0.197. The number of rotatable bonds is 9. The van der Waals surface area contributed by atoms with Gasteiger partial charge >= 0.3 is 5.97 Å². The second-order valence-electron chi connectivity index (χ2n) is 8.51. The molecule has 1 unspecified atom stereocenters. The summed E-state index contributed by atoms with van der Waals surface area (Å²) in [7, 11) is 0. The minimum Gasteiger partial charge on any atom is -0.507 e. The maximum absolute atomic E-state index is 13.3. The molecule has 0 radical (unpaired) electrons. The molecule has 37 heavy (non-hydrogen) atoms. The number of amides is 1. The standard InChI is InChI=1S/C29H28N2O6/c1-3-15-37-23-9-5-7-21(16-23)26(32)24-25(22-8-6-14-30-17-22)31(28(34)27(24)33)18-19-10-12-20(13-11-19)29(35)36-4-2/h5-14,16-17,25,32H,3-4,15,18H2,1-2H3/b26-24+. The second kappa shape index (κ2) is 11.5. The molecule has 1 aliphatic heterocycles. The monoisotopic (exact) mass is 500 g/mol. The van der Waals surface area contributed by atoms with Crippen molar-refractivity contribution in [1.82, 2.24) is 9.88 Å². The molecule has 190 valence electrons. The van der Waals surface area contributed by atoms with Gasteiger partial charge < -0.3 is 19.5 Å². The van der Waals surface area contributed by atoms with E-state index in [1.165, 1.54) is 4.90 Å². The van der Waals surface area contributed by atoms with Crippen molar-refractivity contribution in [3.63, 3.8) is 0 Å². The Labute approximate surface area is 215 Å². The first-order valence-electron chi connectivity index (χ1n) is 12.1. The van der Waals surface area contributed by atoms with Crippen LogP contribution in [0.2, 0.25) is 0 Å². The van der Waals surface area contributed by atoms with E-state index in [0.29, 0.717) is 34.6 Å². The van der Waals surface area contributed by atoms with Gasteiger partial charge in [-0.3, -0.25) is 14.6 Å². The molecule has 1 atom stereocenters. The molecule has 1 aliphatic rings. The van der Waals surface area contributed by atoms with Crippen LogP contribution in [-0.2, 0) is 20.9 Å². The van der Waals surface area contributed by atoms with Crippen LogP contribution in [0, 0.1) is 0 Å². The molecule has 1 amide bonds. The molecule has 0 bridgehead atoms. The van der Waals surface area contributed by atoms with Crippen LogP contribution in [0.5, 0.6) is 5.75 Å². The number of aliphatic hydroxyl groups is 1. The number of Topliss-reactive ketones (excluding diaryl/α,β-unsaturated/α-hetero) is 1. The molecule has 1 aromatic heterocycles. The van der Waals surface area contributed by atoms with E-state index in [1.807, 2.05) is 6.92 Å². The molecule has 4 rings (SSSR count). The predicted octanol–water partition coefficient (Wildman–Crippen LogP) is 4.67. The zero-order valence-electron chi connectivity index (χ0n) is 20.7. The highest BCUT2D eigenvalue weighted by Gasteiger charge is 2.46. The summed E-state index contributed by atoms with van der Waals surface area (Å²) in [5.74, 6) is -1.68. The fourth-order valence-electron chi connectivity index (χ4n) is 4.19. The molecule has 2 aromatic carbocycles. The number of hydrogen-bond acceptors (Lipinski definition) is 7. The van der Waals surface area contributed by atoms with Crippen LogP contribution >= 0.6 is 0 Å². The summed E-state index contributed by atoms with van der Waals surface area (Å²) >= 11 is 0. The molecule has 3 aromatic rings. The van der Waals surface area contributed by atoms with Crippen LogP contribution in [0.3, 0.4) is 0 Å². The zero-order chi connectivity index (χ0) is 26.4. The summed E-state index contributed by atoms with van der Waals surface area (Å²) in [5.41, 5.74) is 2.04. The Morgan fingerprint density at radius 2 is 1.81 bits per heavy atom. The van der Waals surface area contributed by atoms with E-state index in [-0.39, 0.29) is 24.5 Å². The van der Waals surface area contributed by atoms with Crippen LogP contribution in [0.4, 0.5) is 0 Å². The number of benzene rings is 2. The van der Waals surface area contributed by atoms with E-state index in [1.54, 1.807) is 80.0 Å². The maximum atomic E-state index is 13.3. The van der Waals surface area contributed by atoms with Gasteiger partial charge in [-0.1, -0.05) is 37.3 Å². The van der Waals surface area contributed by atoms with Gasteiger partial charge in [-0.05, 0) is 54.8 Å².